The van der Waals surface area contributed by atoms with Crippen LogP contribution in [0.15, 0.2) is 42.6 Å². The van der Waals surface area contributed by atoms with Crippen molar-refractivity contribution in [3.8, 4) is 11.5 Å². The molecule has 0 aliphatic carbocycles. The summed E-state index contributed by atoms with van der Waals surface area (Å²) >= 11 is 0. The van der Waals surface area contributed by atoms with Crippen molar-refractivity contribution in [2.45, 2.75) is 32.2 Å². The van der Waals surface area contributed by atoms with Crippen molar-refractivity contribution in [3.05, 3.63) is 53.9 Å². The Morgan fingerprint density at radius 3 is 2.60 bits per heavy atom. The molecule has 3 rings (SSSR count). The molecule has 1 atom stereocenters. The number of ether oxygens (including phenoxy) is 2. The number of benzene rings is 1. The number of alkyl halides is 3. The molecule has 0 bridgehead atoms. The number of rotatable bonds is 2. The number of aromatic nitrogens is 1. The highest BCUT2D eigenvalue weighted by atomic mass is 19.4. The van der Waals surface area contributed by atoms with Gasteiger partial charge in [0.15, 0.2) is 0 Å². The fraction of sp³-hybridized carbons (Fsp3) is 0.389. The van der Waals surface area contributed by atoms with Crippen LogP contribution < -0.4 is 9.47 Å². The Morgan fingerprint density at radius 2 is 1.96 bits per heavy atom. The molecule has 1 N–H and O–H groups in total. The summed E-state index contributed by atoms with van der Waals surface area (Å²) in [6.07, 6.45) is -3.05. The lowest BCUT2D eigenvalue weighted by Gasteiger charge is -2.33. The molecule has 2 aromatic rings. The molecule has 25 heavy (non-hydrogen) atoms. The summed E-state index contributed by atoms with van der Waals surface area (Å²) < 4.78 is 47.4. The van der Waals surface area contributed by atoms with Crippen molar-refractivity contribution in [1.29, 1.82) is 0 Å². The van der Waals surface area contributed by atoms with E-state index in [2.05, 4.69) is 9.72 Å². The molecular weight excluding hydrogens is 335 g/mol. The molecule has 0 amide bonds. The van der Waals surface area contributed by atoms with Crippen LogP contribution in [0.25, 0.3) is 0 Å². The largest absolute Gasteiger partial charge is 0.573 e. The second-order valence-corrected chi connectivity index (χ2v) is 6.91. The van der Waals surface area contributed by atoms with Gasteiger partial charge in [-0.2, -0.15) is 0 Å². The number of halogens is 3. The van der Waals surface area contributed by atoms with Crippen LogP contribution in [0.2, 0.25) is 0 Å². The topological polar surface area (TPSA) is 51.6 Å². The van der Waals surface area contributed by atoms with Gasteiger partial charge in [0.05, 0.1) is 12.3 Å². The minimum atomic E-state index is -4.82. The van der Waals surface area contributed by atoms with E-state index in [1.165, 1.54) is 24.4 Å². The Hall–Kier alpha value is -2.28. The summed E-state index contributed by atoms with van der Waals surface area (Å²) in [6.45, 7) is 4.15. The summed E-state index contributed by atoms with van der Waals surface area (Å²) in [5, 5.41) is 11.5. The molecular formula is C18H18F3NO3. The first-order valence-corrected chi connectivity index (χ1v) is 7.76. The SMILES string of the molecule is CC1(C)COc2ccc(OC(F)(F)F)cc2C(O)(c2ccccn2)C1. The molecule has 0 fully saturated rings. The number of hydrogen-bond acceptors (Lipinski definition) is 4. The lowest BCUT2D eigenvalue weighted by atomic mass is 9.76. The minimum absolute atomic E-state index is 0.207. The van der Waals surface area contributed by atoms with Gasteiger partial charge in [0.1, 0.15) is 17.1 Å². The van der Waals surface area contributed by atoms with Crippen LogP contribution in [0.4, 0.5) is 13.2 Å². The average Bonchev–Trinajstić information content (AvgIpc) is 2.62. The van der Waals surface area contributed by atoms with Crippen molar-refractivity contribution in [1.82, 2.24) is 4.98 Å². The van der Waals surface area contributed by atoms with Crippen LogP contribution in [-0.4, -0.2) is 23.1 Å². The zero-order valence-corrected chi connectivity index (χ0v) is 13.8. The molecule has 1 aromatic heterocycles. The van der Waals surface area contributed by atoms with Gasteiger partial charge in [-0.15, -0.1) is 13.2 Å². The number of nitrogens with zero attached hydrogens (tertiary/aromatic N) is 1. The predicted molar refractivity (Wildman–Crippen MR) is 84.3 cm³/mol. The van der Waals surface area contributed by atoms with Crippen molar-refractivity contribution in [2.75, 3.05) is 6.61 Å². The van der Waals surface area contributed by atoms with E-state index in [1.54, 1.807) is 18.2 Å². The van der Waals surface area contributed by atoms with Gasteiger partial charge in [-0.25, -0.2) is 0 Å². The maximum Gasteiger partial charge on any atom is 0.573 e. The number of aliphatic hydroxyl groups is 1. The fourth-order valence-electron chi connectivity index (χ4n) is 3.10. The van der Waals surface area contributed by atoms with Crippen molar-refractivity contribution < 1.29 is 27.8 Å². The Morgan fingerprint density at radius 1 is 1.20 bits per heavy atom. The molecule has 1 unspecified atom stereocenters. The normalized spacial score (nSPS) is 22.5. The van der Waals surface area contributed by atoms with Crippen LogP contribution in [0, 0.1) is 5.41 Å². The van der Waals surface area contributed by atoms with E-state index in [1.807, 2.05) is 13.8 Å². The Labute approximate surface area is 143 Å². The summed E-state index contributed by atoms with van der Waals surface area (Å²) in [5.41, 5.74) is -1.46. The zero-order chi connectivity index (χ0) is 18.3. The first kappa shape index (κ1) is 17.5. The Bertz CT molecular complexity index is 762. The minimum Gasteiger partial charge on any atom is -0.493 e. The van der Waals surface area contributed by atoms with Gasteiger partial charge in [-0.1, -0.05) is 19.9 Å². The first-order chi connectivity index (χ1) is 11.6. The van der Waals surface area contributed by atoms with Crippen molar-refractivity contribution in [3.63, 3.8) is 0 Å². The smallest absolute Gasteiger partial charge is 0.493 e. The van der Waals surface area contributed by atoms with E-state index < -0.39 is 23.1 Å². The molecule has 1 aliphatic rings. The van der Waals surface area contributed by atoms with Crippen LogP contribution in [0.3, 0.4) is 0 Å². The van der Waals surface area contributed by atoms with Gasteiger partial charge in [0.2, 0.25) is 0 Å². The first-order valence-electron chi connectivity index (χ1n) is 7.76. The standard InChI is InChI=1S/C18H18F3NO3/c1-16(2)10-17(23,15-5-3-4-8-22-15)13-9-12(25-18(19,20)21)6-7-14(13)24-11-16/h3-9,23H,10-11H2,1-2H3. The van der Waals surface area contributed by atoms with E-state index in [9.17, 15) is 18.3 Å². The molecule has 0 spiro atoms. The van der Waals surface area contributed by atoms with Crippen LogP contribution in [0.5, 0.6) is 11.5 Å². The highest BCUT2D eigenvalue weighted by Gasteiger charge is 2.44. The van der Waals surface area contributed by atoms with Gasteiger partial charge >= 0.3 is 6.36 Å². The van der Waals surface area contributed by atoms with Crippen LogP contribution in [-0.2, 0) is 5.60 Å². The monoisotopic (exact) mass is 353 g/mol. The number of pyridine rings is 1. The zero-order valence-electron chi connectivity index (χ0n) is 13.8. The highest BCUT2D eigenvalue weighted by Crippen LogP contribution is 2.47. The van der Waals surface area contributed by atoms with E-state index in [0.29, 0.717) is 18.1 Å². The summed E-state index contributed by atoms with van der Waals surface area (Å²) in [4.78, 5) is 4.22. The van der Waals surface area contributed by atoms with E-state index in [0.717, 1.165) is 0 Å². The lowest BCUT2D eigenvalue weighted by molar-refractivity contribution is -0.274. The molecule has 1 aromatic carbocycles. The molecule has 0 saturated heterocycles. The number of hydrogen-bond donors (Lipinski definition) is 1. The van der Waals surface area contributed by atoms with E-state index in [-0.39, 0.29) is 12.0 Å². The van der Waals surface area contributed by atoms with Gasteiger partial charge in [0, 0.05) is 17.2 Å². The van der Waals surface area contributed by atoms with Gasteiger partial charge in [-0.3, -0.25) is 4.98 Å². The lowest BCUT2D eigenvalue weighted by Crippen LogP contribution is -2.34. The fourth-order valence-corrected chi connectivity index (χ4v) is 3.10. The summed E-state index contributed by atoms with van der Waals surface area (Å²) in [7, 11) is 0. The van der Waals surface area contributed by atoms with Crippen LogP contribution >= 0.6 is 0 Å². The van der Waals surface area contributed by atoms with Gasteiger partial charge in [-0.05, 0) is 36.8 Å². The summed E-state index contributed by atoms with van der Waals surface area (Å²) in [5.74, 6) is -0.0998. The molecule has 2 heterocycles. The second kappa shape index (κ2) is 5.91. The van der Waals surface area contributed by atoms with E-state index >= 15 is 0 Å². The van der Waals surface area contributed by atoms with Crippen molar-refractivity contribution >= 4 is 0 Å². The number of fused-ring (bicyclic) bond motifs is 1. The Kier molecular flexibility index (Phi) is 4.15. The predicted octanol–water partition coefficient (Wildman–Crippen LogP) is 4.02. The molecule has 0 saturated carbocycles. The van der Waals surface area contributed by atoms with Crippen molar-refractivity contribution in [2.24, 2.45) is 5.41 Å². The third-order valence-electron chi connectivity index (χ3n) is 4.07. The maximum absolute atomic E-state index is 12.6. The molecule has 4 nitrogen and oxygen atoms in total. The van der Waals surface area contributed by atoms with Gasteiger partial charge < -0.3 is 14.6 Å². The molecule has 134 valence electrons. The molecule has 7 heteroatoms. The quantitative estimate of drug-likeness (QED) is 0.886. The maximum atomic E-state index is 12.6. The van der Waals surface area contributed by atoms with Crippen LogP contribution in [0.1, 0.15) is 31.5 Å². The van der Waals surface area contributed by atoms with E-state index in [4.69, 9.17) is 4.74 Å². The second-order valence-electron chi connectivity index (χ2n) is 6.91. The van der Waals surface area contributed by atoms with Gasteiger partial charge in [0.25, 0.3) is 0 Å². The third-order valence-corrected chi connectivity index (χ3v) is 4.07. The molecule has 0 radical (unpaired) electrons. The Balaban J connectivity index is 2.15. The third kappa shape index (κ3) is 3.71. The summed E-state index contributed by atoms with van der Waals surface area (Å²) in [6, 6.07) is 8.78. The average molecular weight is 353 g/mol. The highest BCUT2D eigenvalue weighted by molar-refractivity contribution is 5.48. The molecule has 1 aliphatic heterocycles.